The van der Waals surface area contributed by atoms with Crippen LogP contribution in [0.25, 0.3) is 27.5 Å². The Morgan fingerprint density at radius 2 is 1.14 bits per heavy atom. The third kappa shape index (κ3) is 2.12. The molecule has 0 bridgehead atoms. The van der Waals surface area contributed by atoms with E-state index >= 15 is 0 Å². The summed E-state index contributed by atoms with van der Waals surface area (Å²) in [6.07, 6.45) is 0. The van der Waals surface area contributed by atoms with Gasteiger partial charge in [-0.3, -0.25) is 0 Å². The van der Waals surface area contributed by atoms with Gasteiger partial charge >= 0.3 is 0 Å². The maximum Gasteiger partial charge on any atom is 0.0552 e. The predicted octanol–water partition coefficient (Wildman–Crippen LogP) is 6.31. The normalized spacial score (nSPS) is 11.3. The van der Waals surface area contributed by atoms with Gasteiger partial charge in [0.05, 0.1) is 11.0 Å². The second-order valence-corrected chi connectivity index (χ2v) is 6.83. The molecular formula is C18H11Br2N. The van der Waals surface area contributed by atoms with Crippen molar-refractivity contribution < 1.29 is 0 Å². The number of hydrogen-bond acceptors (Lipinski definition) is 0. The number of halogens is 2. The van der Waals surface area contributed by atoms with Crippen LogP contribution in [0, 0.1) is 0 Å². The zero-order chi connectivity index (χ0) is 14.4. The van der Waals surface area contributed by atoms with Gasteiger partial charge in [0.25, 0.3) is 0 Å². The Labute approximate surface area is 139 Å². The van der Waals surface area contributed by atoms with Crippen molar-refractivity contribution in [3.63, 3.8) is 0 Å². The second kappa shape index (κ2) is 5.00. The standard InChI is InChI=1S/C18H11Br2N/c19-12-6-8-15-16-9-7-13(20)11-18(16)21(17(15)10-12)14-4-2-1-3-5-14/h1-11H. The summed E-state index contributed by atoms with van der Waals surface area (Å²) >= 11 is 7.18. The number of fused-ring (bicyclic) bond motifs is 3. The highest BCUT2D eigenvalue weighted by atomic mass is 79.9. The zero-order valence-electron chi connectivity index (χ0n) is 11.1. The SMILES string of the molecule is Brc1ccc2c3ccc(Br)cc3n(-c3ccccc3)c2c1. The topological polar surface area (TPSA) is 4.93 Å². The first-order valence-electron chi connectivity index (χ1n) is 6.69. The van der Waals surface area contributed by atoms with Crippen molar-refractivity contribution in [1.29, 1.82) is 0 Å². The van der Waals surface area contributed by atoms with Crippen LogP contribution in [-0.4, -0.2) is 4.57 Å². The van der Waals surface area contributed by atoms with E-state index < -0.39 is 0 Å². The maximum atomic E-state index is 3.59. The largest absolute Gasteiger partial charge is 0.309 e. The molecule has 0 aliphatic rings. The Morgan fingerprint density at radius 3 is 1.67 bits per heavy atom. The van der Waals surface area contributed by atoms with Crippen LogP contribution < -0.4 is 0 Å². The summed E-state index contributed by atoms with van der Waals surface area (Å²) < 4.78 is 4.49. The van der Waals surface area contributed by atoms with Gasteiger partial charge in [-0.25, -0.2) is 0 Å². The molecule has 0 amide bonds. The fourth-order valence-electron chi connectivity index (χ4n) is 2.82. The molecule has 0 spiro atoms. The van der Waals surface area contributed by atoms with E-state index in [4.69, 9.17) is 0 Å². The molecule has 102 valence electrons. The Bertz CT molecular complexity index is 896. The highest BCUT2D eigenvalue weighted by Crippen LogP contribution is 2.34. The molecule has 4 aromatic rings. The van der Waals surface area contributed by atoms with Crippen molar-refractivity contribution in [2.75, 3.05) is 0 Å². The summed E-state index contributed by atoms with van der Waals surface area (Å²) in [5.41, 5.74) is 3.60. The van der Waals surface area contributed by atoms with Crippen molar-refractivity contribution in [2.24, 2.45) is 0 Å². The molecule has 0 radical (unpaired) electrons. The molecule has 0 saturated heterocycles. The van der Waals surface area contributed by atoms with E-state index in [1.54, 1.807) is 0 Å². The summed E-state index contributed by atoms with van der Waals surface area (Å²) in [6, 6.07) is 23.4. The zero-order valence-corrected chi connectivity index (χ0v) is 14.2. The van der Waals surface area contributed by atoms with Crippen LogP contribution in [0.5, 0.6) is 0 Å². The van der Waals surface area contributed by atoms with E-state index in [9.17, 15) is 0 Å². The molecule has 0 aliphatic carbocycles. The molecule has 21 heavy (non-hydrogen) atoms. The maximum absolute atomic E-state index is 3.59. The summed E-state index contributed by atoms with van der Waals surface area (Å²) in [5, 5.41) is 2.54. The van der Waals surface area contributed by atoms with Crippen molar-refractivity contribution in [2.45, 2.75) is 0 Å². The van der Waals surface area contributed by atoms with Gasteiger partial charge in [-0.2, -0.15) is 0 Å². The van der Waals surface area contributed by atoms with Gasteiger partial charge in [-0.05, 0) is 36.4 Å². The first-order chi connectivity index (χ1) is 10.2. The van der Waals surface area contributed by atoms with Crippen LogP contribution in [0.4, 0.5) is 0 Å². The molecule has 1 aromatic heterocycles. The van der Waals surface area contributed by atoms with Crippen molar-refractivity contribution >= 4 is 53.7 Å². The van der Waals surface area contributed by atoms with Crippen LogP contribution >= 0.6 is 31.9 Å². The molecular weight excluding hydrogens is 390 g/mol. The van der Waals surface area contributed by atoms with Crippen LogP contribution in [0.2, 0.25) is 0 Å². The van der Waals surface area contributed by atoms with E-state index in [-0.39, 0.29) is 0 Å². The Balaban J connectivity index is 2.24. The van der Waals surface area contributed by atoms with Gasteiger partial charge in [0.15, 0.2) is 0 Å². The molecule has 3 aromatic carbocycles. The fraction of sp³-hybridized carbons (Fsp3) is 0. The molecule has 1 nitrogen and oxygen atoms in total. The highest BCUT2D eigenvalue weighted by molar-refractivity contribution is 9.10. The van der Waals surface area contributed by atoms with Crippen LogP contribution in [-0.2, 0) is 0 Å². The van der Waals surface area contributed by atoms with Gasteiger partial charge in [0.1, 0.15) is 0 Å². The van der Waals surface area contributed by atoms with Crippen LogP contribution in [0.15, 0.2) is 75.7 Å². The Kier molecular flexibility index (Phi) is 3.12. The second-order valence-electron chi connectivity index (χ2n) is 4.99. The molecule has 0 atom stereocenters. The van der Waals surface area contributed by atoms with Crippen molar-refractivity contribution in [1.82, 2.24) is 4.57 Å². The van der Waals surface area contributed by atoms with Crippen molar-refractivity contribution in [3.05, 3.63) is 75.7 Å². The number of rotatable bonds is 1. The van der Waals surface area contributed by atoms with Gasteiger partial charge < -0.3 is 4.57 Å². The Morgan fingerprint density at radius 1 is 0.619 bits per heavy atom. The quantitative estimate of drug-likeness (QED) is 0.353. The smallest absolute Gasteiger partial charge is 0.0552 e. The van der Waals surface area contributed by atoms with E-state index in [0.29, 0.717) is 0 Å². The van der Waals surface area contributed by atoms with E-state index in [2.05, 4.69) is 97.1 Å². The first kappa shape index (κ1) is 13.1. The minimum atomic E-state index is 1.09. The summed E-state index contributed by atoms with van der Waals surface area (Å²) in [4.78, 5) is 0. The van der Waals surface area contributed by atoms with Gasteiger partial charge in [0.2, 0.25) is 0 Å². The lowest BCUT2D eigenvalue weighted by molar-refractivity contribution is 1.18. The molecule has 0 saturated carbocycles. The summed E-state index contributed by atoms with van der Waals surface area (Å²) in [5.74, 6) is 0. The molecule has 0 fully saturated rings. The number of nitrogens with zero attached hydrogens (tertiary/aromatic N) is 1. The highest BCUT2D eigenvalue weighted by Gasteiger charge is 2.12. The molecule has 3 heteroatoms. The lowest BCUT2D eigenvalue weighted by atomic mass is 10.2. The van der Waals surface area contributed by atoms with E-state index in [1.165, 1.54) is 27.5 Å². The fourth-order valence-corrected chi connectivity index (χ4v) is 3.52. The molecule has 0 aliphatic heterocycles. The molecule has 0 N–H and O–H groups in total. The third-order valence-corrected chi connectivity index (χ3v) is 4.69. The minimum absolute atomic E-state index is 1.09. The van der Waals surface area contributed by atoms with Crippen molar-refractivity contribution in [3.8, 4) is 5.69 Å². The average Bonchev–Trinajstić information content (AvgIpc) is 2.80. The third-order valence-electron chi connectivity index (χ3n) is 3.71. The number of benzene rings is 3. The Hall–Kier alpha value is -1.58. The average molecular weight is 401 g/mol. The minimum Gasteiger partial charge on any atom is -0.309 e. The number of aromatic nitrogens is 1. The monoisotopic (exact) mass is 399 g/mol. The van der Waals surface area contributed by atoms with Crippen LogP contribution in [0.3, 0.4) is 0 Å². The lowest BCUT2D eigenvalue weighted by Gasteiger charge is -2.07. The summed E-state index contributed by atoms with van der Waals surface area (Å²) in [6.45, 7) is 0. The van der Waals surface area contributed by atoms with Gasteiger partial charge in [-0.15, -0.1) is 0 Å². The van der Waals surface area contributed by atoms with E-state index in [0.717, 1.165) is 8.95 Å². The van der Waals surface area contributed by atoms with Crippen LogP contribution in [0.1, 0.15) is 0 Å². The predicted molar refractivity (Wildman–Crippen MR) is 96.2 cm³/mol. The first-order valence-corrected chi connectivity index (χ1v) is 8.27. The van der Waals surface area contributed by atoms with E-state index in [1.807, 2.05) is 6.07 Å². The van der Waals surface area contributed by atoms with Gasteiger partial charge in [0, 0.05) is 25.4 Å². The molecule has 0 unspecified atom stereocenters. The number of para-hydroxylation sites is 1. The number of hydrogen-bond donors (Lipinski definition) is 0. The summed E-state index contributed by atoms with van der Waals surface area (Å²) in [7, 11) is 0. The lowest BCUT2D eigenvalue weighted by Crippen LogP contribution is -1.92. The van der Waals surface area contributed by atoms with Gasteiger partial charge in [-0.1, -0.05) is 62.2 Å². The molecule has 1 heterocycles. The molecule has 4 rings (SSSR count).